The molecule has 1 aliphatic carbocycles. The molecule has 2 unspecified atom stereocenters. The molecule has 32 heavy (non-hydrogen) atoms. The molecule has 0 bridgehead atoms. The highest BCUT2D eigenvalue weighted by molar-refractivity contribution is 7.92. The number of hydrogen-bond donors (Lipinski definition) is 2. The van der Waals surface area contributed by atoms with E-state index in [1.54, 1.807) is 35.1 Å². The van der Waals surface area contributed by atoms with Crippen molar-refractivity contribution in [3.63, 3.8) is 0 Å². The van der Waals surface area contributed by atoms with Crippen LogP contribution in [0.1, 0.15) is 55.5 Å². The fourth-order valence-electron chi connectivity index (χ4n) is 3.91. The van der Waals surface area contributed by atoms with Crippen molar-refractivity contribution in [1.29, 1.82) is 0 Å². The minimum absolute atomic E-state index is 0.0460. The quantitative estimate of drug-likeness (QED) is 0.650. The highest BCUT2D eigenvalue weighted by Crippen LogP contribution is 2.40. The molecule has 172 valence electrons. The molecular weight excluding hydrogens is 433 g/mol. The molecule has 0 radical (unpaired) electrons. The molecular formula is C23H28FN3O4S. The maximum absolute atomic E-state index is 16.3. The zero-order valence-electron chi connectivity index (χ0n) is 25.9. The third kappa shape index (κ3) is 4.59. The van der Waals surface area contributed by atoms with Gasteiger partial charge in [0.1, 0.15) is 24.6 Å². The molecule has 9 heteroatoms. The van der Waals surface area contributed by atoms with E-state index in [9.17, 15) is 13.2 Å². The second-order valence-electron chi connectivity index (χ2n) is 7.57. The largest absolute Gasteiger partial charge is 0.487 e. The Labute approximate surface area is 200 Å². The number of halogens is 1. The average molecular weight is 471 g/mol. The first-order valence-electron chi connectivity index (χ1n) is 14.4. The molecule has 1 aliphatic heterocycles. The summed E-state index contributed by atoms with van der Waals surface area (Å²) in [7, 11) is -4.46. The minimum atomic E-state index is -4.46. The van der Waals surface area contributed by atoms with Gasteiger partial charge < -0.3 is 10.1 Å². The van der Waals surface area contributed by atoms with Crippen molar-refractivity contribution >= 4 is 21.8 Å². The maximum Gasteiger partial charge on any atom is 0.326 e. The topological polar surface area (TPSA) is 87.7 Å². The monoisotopic (exact) mass is 470 g/mol. The third-order valence-electron chi connectivity index (χ3n) is 5.39. The van der Waals surface area contributed by atoms with Gasteiger partial charge in [0.2, 0.25) is 0 Å². The molecule has 4 rings (SSSR count). The normalized spacial score (nSPS) is 26.9. The van der Waals surface area contributed by atoms with Crippen LogP contribution >= 0.6 is 0 Å². The van der Waals surface area contributed by atoms with Gasteiger partial charge in [0.05, 0.1) is 0 Å². The summed E-state index contributed by atoms with van der Waals surface area (Å²) < 4.78 is 120. The first kappa shape index (κ1) is 13.8. The van der Waals surface area contributed by atoms with Crippen LogP contribution in [0, 0.1) is 5.82 Å². The van der Waals surface area contributed by atoms with Crippen LogP contribution in [-0.2, 0) is 34.5 Å². The van der Waals surface area contributed by atoms with Crippen LogP contribution in [0.25, 0.3) is 0 Å². The van der Waals surface area contributed by atoms with Gasteiger partial charge in [-0.1, -0.05) is 37.2 Å². The van der Waals surface area contributed by atoms with Crippen molar-refractivity contribution in [2.24, 2.45) is 0 Å². The van der Waals surface area contributed by atoms with Crippen LogP contribution in [0.2, 0.25) is 0 Å². The Bertz CT molecular complexity index is 1440. The number of nitrogens with zero attached hydrogens (tertiary/aromatic N) is 1. The van der Waals surface area contributed by atoms with Crippen LogP contribution in [0.4, 0.5) is 10.1 Å². The van der Waals surface area contributed by atoms with Crippen molar-refractivity contribution < 1.29 is 34.7 Å². The lowest BCUT2D eigenvalue weighted by Crippen LogP contribution is -2.40. The second-order valence-corrected chi connectivity index (χ2v) is 9.17. The van der Waals surface area contributed by atoms with Gasteiger partial charge in [-0.25, -0.2) is 13.4 Å². The molecule has 1 heterocycles. The molecule has 0 spiro atoms. The predicted octanol–water partition coefficient (Wildman–Crippen LogP) is 2.83. The standard InChI is InChI=1S/C23H28FN3O4S/c1-3-15(2)25-18-10-9-17-11-20(31-14-16-7-5-4-6-8-16)23(22(24)19(17)12-18)27-13-21(28)26-32(27,29)30/h4-8,11,15,18,25H,3,9-10,12-14H2,1-2H3,(H,26,28)/i1D3,2D3,3D2,15D. The highest BCUT2D eigenvalue weighted by Gasteiger charge is 2.39. The molecule has 1 amide bonds. The lowest BCUT2D eigenvalue weighted by Gasteiger charge is -2.30. The van der Waals surface area contributed by atoms with Crippen LogP contribution < -0.4 is 19.1 Å². The van der Waals surface area contributed by atoms with Gasteiger partial charge in [-0.05, 0) is 55.2 Å². The summed E-state index contributed by atoms with van der Waals surface area (Å²) in [5.74, 6) is -2.09. The van der Waals surface area contributed by atoms with E-state index in [1.807, 2.05) is 0 Å². The van der Waals surface area contributed by atoms with Gasteiger partial charge in [0.25, 0.3) is 5.91 Å². The smallest absolute Gasteiger partial charge is 0.326 e. The van der Waals surface area contributed by atoms with Gasteiger partial charge in [0.15, 0.2) is 5.82 Å². The molecule has 2 N–H and O–H groups in total. The lowest BCUT2D eigenvalue weighted by atomic mass is 9.86. The van der Waals surface area contributed by atoms with E-state index < -0.39 is 66.3 Å². The van der Waals surface area contributed by atoms with Crippen LogP contribution in [0.5, 0.6) is 5.75 Å². The third-order valence-corrected chi connectivity index (χ3v) is 6.77. The fraction of sp³-hybridized carbons (Fsp3) is 0.435. The first-order valence-corrected chi connectivity index (χ1v) is 11.3. The maximum atomic E-state index is 16.3. The van der Waals surface area contributed by atoms with Gasteiger partial charge in [-0.3, -0.25) is 4.79 Å². The fourth-order valence-corrected chi connectivity index (χ4v) is 5.07. The predicted molar refractivity (Wildman–Crippen MR) is 120 cm³/mol. The average Bonchev–Trinajstić information content (AvgIpc) is 3.13. The van der Waals surface area contributed by atoms with Crippen molar-refractivity contribution in [3.05, 3.63) is 58.9 Å². The summed E-state index contributed by atoms with van der Waals surface area (Å²) in [6.07, 6.45) is -3.68. The van der Waals surface area contributed by atoms with Gasteiger partial charge in [0, 0.05) is 24.4 Å². The van der Waals surface area contributed by atoms with Crippen molar-refractivity contribution in [1.82, 2.24) is 10.0 Å². The number of carbonyl (C=O) groups excluding carboxylic acids is 1. The van der Waals surface area contributed by atoms with Crippen molar-refractivity contribution in [2.75, 3.05) is 10.8 Å². The first-order chi connectivity index (χ1) is 18.8. The van der Waals surface area contributed by atoms with Crippen LogP contribution in [0.15, 0.2) is 36.4 Å². The Morgan fingerprint density at radius 3 is 2.94 bits per heavy atom. The highest BCUT2D eigenvalue weighted by atomic mass is 32.2. The summed E-state index contributed by atoms with van der Waals surface area (Å²) in [6, 6.07) is 5.88. The zero-order valence-corrected chi connectivity index (χ0v) is 17.8. The Kier molecular flexibility index (Phi) is 3.91. The van der Waals surface area contributed by atoms with E-state index in [-0.39, 0.29) is 37.2 Å². The number of fused-ring (bicyclic) bond motifs is 1. The Hall–Kier alpha value is -2.65. The van der Waals surface area contributed by atoms with Crippen molar-refractivity contribution in [3.8, 4) is 5.75 Å². The summed E-state index contributed by atoms with van der Waals surface area (Å²) in [5, 5.41) is 2.33. The van der Waals surface area contributed by atoms with Crippen LogP contribution in [0.3, 0.4) is 0 Å². The number of hydrogen-bond acceptors (Lipinski definition) is 5. The molecule has 1 fully saturated rings. The SMILES string of the molecule is [2H]C([2H])([2H])C([2H])([2H])C([2H])(NC1CCc2cc(OCc3ccccc3)c(N3CC(=O)NS3(=O)=O)c(F)c2C1)C([2H])([2H])[2H]. The number of nitrogens with one attached hydrogen (secondary N) is 2. The summed E-state index contributed by atoms with van der Waals surface area (Å²) in [5.41, 5.74) is 0.503. The summed E-state index contributed by atoms with van der Waals surface area (Å²) in [6.45, 7) is -7.67. The number of ether oxygens (including phenoxy) is 1. The van der Waals surface area contributed by atoms with E-state index in [2.05, 4.69) is 5.32 Å². The van der Waals surface area contributed by atoms with Gasteiger partial charge in [-0.2, -0.15) is 8.42 Å². The number of anilines is 1. The molecule has 7 nitrogen and oxygen atoms in total. The molecule has 2 aromatic rings. The zero-order chi connectivity index (χ0) is 30.6. The lowest BCUT2D eigenvalue weighted by molar-refractivity contribution is -0.117. The number of carbonyl (C=O) groups is 1. The van der Waals surface area contributed by atoms with Crippen LogP contribution in [-0.4, -0.2) is 32.9 Å². The Morgan fingerprint density at radius 1 is 1.44 bits per heavy atom. The number of rotatable bonds is 7. The number of benzene rings is 2. The Balaban J connectivity index is 1.74. The van der Waals surface area contributed by atoms with Crippen molar-refractivity contribution in [2.45, 2.75) is 58.0 Å². The minimum Gasteiger partial charge on any atom is -0.487 e. The molecule has 0 aromatic heterocycles. The summed E-state index contributed by atoms with van der Waals surface area (Å²) in [4.78, 5) is 12.0. The molecule has 0 saturated carbocycles. The molecule has 2 aliphatic rings. The van der Waals surface area contributed by atoms with Gasteiger partial charge >= 0.3 is 10.2 Å². The van der Waals surface area contributed by atoms with Gasteiger partial charge in [-0.15, -0.1) is 0 Å². The summed E-state index contributed by atoms with van der Waals surface area (Å²) >= 11 is 0. The van der Waals surface area contributed by atoms with E-state index >= 15 is 4.39 Å². The second kappa shape index (κ2) is 9.07. The number of aryl methyl sites for hydroxylation is 1. The molecule has 2 atom stereocenters. The Morgan fingerprint density at radius 2 is 2.25 bits per heavy atom. The van der Waals surface area contributed by atoms with E-state index in [4.69, 9.17) is 17.1 Å². The van der Waals surface area contributed by atoms with E-state index in [1.165, 1.54) is 6.07 Å². The molecule has 1 saturated heterocycles. The van der Waals surface area contributed by atoms with E-state index in [0.717, 1.165) is 0 Å². The molecule has 2 aromatic carbocycles. The number of amides is 1. The van der Waals surface area contributed by atoms with E-state index in [0.29, 0.717) is 15.4 Å².